The number of amides is 1. The highest BCUT2D eigenvalue weighted by Gasteiger charge is 2.26. The summed E-state index contributed by atoms with van der Waals surface area (Å²) in [6, 6.07) is 14.0. The van der Waals surface area contributed by atoms with Gasteiger partial charge in [-0.15, -0.1) is 0 Å². The van der Waals surface area contributed by atoms with Crippen LogP contribution in [0.2, 0.25) is 0 Å². The number of likely N-dealkylation sites (tertiary alicyclic amines) is 1. The van der Waals surface area contributed by atoms with E-state index >= 15 is 0 Å². The normalized spacial score (nSPS) is 19.2. The van der Waals surface area contributed by atoms with E-state index in [1.165, 1.54) is 37.9 Å². The Morgan fingerprint density at radius 1 is 1.06 bits per heavy atom. The molecule has 0 saturated carbocycles. The SMILES string of the molecule is O=C(NC1CCN(c2nccc(-c3ccc[nH]3)n2)C1)c1ccc(CN2CCCCC2)cc1. The monoisotopic (exact) mass is 430 g/mol. The van der Waals surface area contributed by atoms with Crippen LogP contribution in [0.5, 0.6) is 0 Å². The molecule has 2 N–H and O–H groups in total. The van der Waals surface area contributed by atoms with Gasteiger partial charge in [0.05, 0.1) is 11.4 Å². The lowest BCUT2D eigenvalue weighted by Crippen LogP contribution is -2.37. The van der Waals surface area contributed by atoms with Crippen molar-refractivity contribution in [1.29, 1.82) is 0 Å². The van der Waals surface area contributed by atoms with E-state index < -0.39 is 0 Å². The summed E-state index contributed by atoms with van der Waals surface area (Å²) in [5.41, 5.74) is 3.84. The van der Waals surface area contributed by atoms with Crippen LogP contribution < -0.4 is 10.2 Å². The number of hydrogen-bond donors (Lipinski definition) is 2. The van der Waals surface area contributed by atoms with Crippen LogP contribution in [0.15, 0.2) is 54.9 Å². The first-order chi connectivity index (χ1) is 15.7. The van der Waals surface area contributed by atoms with E-state index in [1.54, 1.807) is 6.20 Å². The quantitative estimate of drug-likeness (QED) is 0.626. The molecule has 5 rings (SSSR count). The summed E-state index contributed by atoms with van der Waals surface area (Å²) in [5, 5.41) is 3.19. The average Bonchev–Trinajstić information content (AvgIpc) is 3.53. The Morgan fingerprint density at radius 3 is 2.69 bits per heavy atom. The van der Waals surface area contributed by atoms with Crippen molar-refractivity contribution >= 4 is 11.9 Å². The number of carbonyl (C=O) groups is 1. The van der Waals surface area contributed by atoms with Crippen LogP contribution in [0.25, 0.3) is 11.4 Å². The maximum absolute atomic E-state index is 12.8. The minimum atomic E-state index is -0.0116. The maximum atomic E-state index is 12.8. The number of aromatic amines is 1. The molecule has 1 aromatic carbocycles. The number of piperidine rings is 1. The van der Waals surface area contributed by atoms with Crippen LogP contribution in [-0.2, 0) is 6.54 Å². The van der Waals surface area contributed by atoms with Gasteiger partial charge in [-0.25, -0.2) is 9.97 Å². The topological polar surface area (TPSA) is 77.1 Å². The van der Waals surface area contributed by atoms with Crippen molar-refractivity contribution in [3.63, 3.8) is 0 Å². The highest BCUT2D eigenvalue weighted by molar-refractivity contribution is 5.94. The lowest BCUT2D eigenvalue weighted by atomic mass is 10.1. The Labute approximate surface area is 188 Å². The van der Waals surface area contributed by atoms with Gasteiger partial charge in [-0.05, 0) is 68.2 Å². The highest BCUT2D eigenvalue weighted by atomic mass is 16.1. The third-order valence-electron chi connectivity index (χ3n) is 6.39. The van der Waals surface area contributed by atoms with E-state index in [-0.39, 0.29) is 11.9 Å². The predicted molar refractivity (Wildman–Crippen MR) is 125 cm³/mol. The Morgan fingerprint density at radius 2 is 1.91 bits per heavy atom. The third kappa shape index (κ3) is 4.83. The summed E-state index contributed by atoms with van der Waals surface area (Å²) < 4.78 is 0. The minimum absolute atomic E-state index is 0.0116. The number of aromatic nitrogens is 3. The van der Waals surface area contributed by atoms with E-state index in [4.69, 9.17) is 4.98 Å². The Bertz CT molecular complexity index is 1030. The predicted octanol–water partition coefficient (Wildman–Crippen LogP) is 3.47. The first kappa shape index (κ1) is 20.7. The molecule has 2 fully saturated rings. The molecule has 0 bridgehead atoms. The largest absolute Gasteiger partial charge is 0.360 e. The minimum Gasteiger partial charge on any atom is -0.360 e. The molecule has 2 aromatic heterocycles. The van der Waals surface area contributed by atoms with Gasteiger partial charge in [0, 0.05) is 43.6 Å². The van der Waals surface area contributed by atoms with Crippen molar-refractivity contribution in [3.8, 4) is 11.4 Å². The standard InChI is InChI=1S/C25H30N6O/c32-24(20-8-6-19(7-9-20)17-30-14-2-1-3-15-30)28-21-11-16-31(18-21)25-27-13-10-23(29-25)22-5-4-12-26-22/h4-10,12-13,21,26H,1-3,11,14-18H2,(H,28,32). The molecule has 1 atom stereocenters. The molecular weight excluding hydrogens is 400 g/mol. The van der Waals surface area contributed by atoms with E-state index in [2.05, 4.69) is 37.2 Å². The van der Waals surface area contributed by atoms with Crippen molar-refractivity contribution < 1.29 is 4.79 Å². The molecule has 1 unspecified atom stereocenters. The number of anilines is 1. The van der Waals surface area contributed by atoms with Crippen molar-refractivity contribution in [2.24, 2.45) is 0 Å². The fraction of sp³-hybridized carbons (Fsp3) is 0.400. The van der Waals surface area contributed by atoms with Gasteiger partial charge in [-0.1, -0.05) is 18.6 Å². The summed E-state index contributed by atoms with van der Waals surface area (Å²) in [7, 11) is 0. The van der Waals surface area contributed by atoms with E-state index in [9.17, 15) is 4.79 Å². The zero-order valence-corrected chi connectivity index (χ0v) is 18.3. The summed E-state index contributed by atoms with van der Waals surface area (Å²) >= 11 is 0. The lowest BCUT2D eigenvalue weighted by Gasteiger charge is -2.26. The Balaban J connectivity index is 1.16. The Hall–Kier alpha value is -3.19. The molecule has 7 heteroatoms. The zero-order valence-electron chi connectivity index (χ0n) is 18.3. The molecule has 0 aliphatic carbocycles. The molecule has 7 nitrogen and oxygen atoms in total. The van der Waals surface area contributed by atoms with E-state index in [1.807, 2.05) is 36.5 Å². The average molecular weight is 431 g/mol. The second kappa shape index (κ2) is 9.53. The number of hydrogen-bond acceptors (Lipinski definition) is 5. The van der Waals surface area contributed by atoms with Gasteiger partial charge < -0.3 is 15.2 Å². The van der Waals surface area contributed by atoms with Crippen LogP contribution in [0.1, 0.15) is 41.6 Å². The second-order valence-corrected chi connectivity index (χ2v) is 8.76. The fourth-order valence-electron chi connectivity index (χ4n) is 4.61. The zero-order chi connectivity index (χ0) is 21.8. The molecule has 32 heavy (non-hydrogen) atoms. The van der Waals surface area contributed by atoms with Crippen LogP contribution in [0.3, 0.4) is 0 Å². The molecule has 166 valence electrons. The molecule has 0 spiro atoms. The maximum Gasteiger partial charge on any atom is 0.251 e. The van der Waals surface area contributed by atoms with Gasteiger partial charge in [-0.3, -0.25) is 9.69 Å². The number of rotatable bonds is 6. The molecule has 2 saturated heterocycles. The molecule has 3 aromatic rings. The van der Waals surface area contributed by atoms with Crippen molar-refractivity contribution in [2.75, 3.05) is 31.1 Å². The third-order valence-corrected chi connectivity index (χ3v) is 6.39. The van der Waals surface area contributed by atoms with E-state index in [0.717, 1.165) is 36.5 Å². The molecule has 1 amide bonds. The summed E-state index contributed by atoms with van der Waals surface area (Å²) in [6.45, 7) is 4.87. The van der Waals surface area contributed by atoms with Crippen LogP contribution in [0, 0.1) is 0 Å². The number of carbonyl (C=O) groups excluding carboxylic acids is 1. The van der Waals surface area contributed by atoms with Crippen molar-refractivity contribution in [2.45, 2.75) is 38.3 Å². The molecule has 2 aliphatic heterocycles. The van der Waals surface area contributed by atoms with Crippen LogP contribution in [0.4, 0.5) is 5.95 Å². The number of nitrogens with one attached hydrogen (secondary N) is 2. The first-order valence-electron chi connectivity index (χ1n) is 11.6. The van der Waals surface area contributed by atoms with Gasteiger partial charge in [0.15, 0.2) is 0 Å². The molecule has 0 radical (unpaired) electrons. The molecular formula is C25H30N6O. The summed E-state index contributed by atoms with van der Waals surface area (Å²) in [4.78, 5) is 29.7. The first-order valence-corrected chi connectivity index (χ1v) is 11.6. The smallest absolute Gasteiger partial charge is 0.251 e. The fourth-order valence-corrected chi connectivity index (χ4v) is 4.61. The van der Waals surface area contributed by atoms with Gasteiger partial charge >= 0.3 is 0 Å². The molecule has 4 heterocycles. The lowest BCUT2D eigenvalue weighted by molar-refractivity contribution is 0.0940. The van der Waals surface area contributed by atoms with Gasteiger partial charge in [0.2, 0.25) is 5.95 Å². The van der Waals surface area contributed by atoms with Crippen LogP contribution >= 0.6 is 0 Å². The van der Waals surface area contributed by atoms with Crippen LogP contribution in [-0.4, -0.2) is 58.0 Å². The molecule has 2 aliphatic rings. The number of H-pyrrole nitrogens is 1. The highest BCUT2D eigenvalue weighted by Crippen LogP contribution is 2.21. The van der Waals surface area contributed by atoms with Crippen molar-refractivity contribution in [1.82, 2.24) is 25.2 Å². The number of nitrogens with zero attached hydrogens (tertiary/aromatic N) is 4. The summed E-state index contributed by atoms with van der Waals surface area (Å²) in [6.07, 6.45) is 8.49. The Kier molecular flexibility index (Phi) is 6.16. The van der Waals surface area contributed by atoms with Gasteiger partial charge in [0.25, 0.3) is 5.91 Å². The van der Waals surface area contributed by atoms with E-state index in [0.29, 0.717) is 12.5 Å². The second-order valence-electron chi connectivity index (χ2n) is 8.76. The summed E-state index contributed by atoms with van der Waals surface area (Å²) in [5.74, 6) is 0.693. The van der Waals surface area contributed by atoms with Gasteiger partial charge in [-0.2, -0.15) is 0 Å². The number of benzene rings is 1. The van der Waals surface area contributed by atoms with Gasteiger partial charge in [0.1, 0.15) is 0 Å². The van der Waals surface area contributed by atoms with Crippen molar-refractivity contribution in [3.05, 3.63) is 66.0 Å².